The standard InChI is InChI=1S/C13H18N4O2S/c1-9(13(18)17-4-6-19-7-5-17)16-10-2-3-11(12(14)20)15-8-10/h2-3,8-9,16H,4-7H2,1H3,(H2,14,20). The zero-order chi connectivity index (χ0) is 14.5. The average Bonchev–Trinajstić information content (AvgIpc) is 2.48. The SMILES string of the molecule is CC(Nc1ccc(C(N)=S)nc1)C(=O)N1CCOCC1. The normalized spacial score (nSPS) is 16.6. The first kappa shape index (κ1) is 14.7. The first-order valence-electron chi connectivity index (χ1n) is 6.47. The summed E-state index contributed by atoms with van der Waals surface area (Å²) >= 11 is 4.84. The van der Waals surface area contributed by atoms with Crippen molar-refractivity contribution in [2.24, 2.45) is 5.73 Å². The van der Waals surface area contributed by atoms with Crippen LogP contribution in [0.25, 0.3) is 0 Å². The molecular weight excluding hydrogens is 276 g/mol. The van der Waals surface area contributed by atoms with E-state index in [2.05, 4.69) is 10.3 Å². The van der Waals surface area contributed by atoms with Crippen molar-refractivity contribution in [1.82, 2.24) is 9.88 Å². The van der Waals surface area contributed by atoms with E-state index in [0.717, 1.165) is 5.69 Å². The van der Waals surface area contributed by atoms with E-state index in [0.29, 0.717) is 32.0 Å². The van der Waals surface area contributed by atoms with E-state index in [1.807, 2.05) is 13.0 Å². The number of pyridine rings is 1. The molecule has 2 rings (SSSR count). The summed E-state index contributed by atoms with van der Waals surface area (Å²) in [7, 11) is 0. The van der Waals surface area contributed by atoms with Crippen molar-refractivity contribution in [2.75, 3.05) is 31.6 Å². The van der Waals surface area contributed by atoms with Crippen molar-refractivity contribution in [3.8, 4) is 0 Å². The zero-order valence-corrected chi connectivity index (χ0v) is 12.2. The van der Waals surface area contributed by atoms with Crippen molar-refractivity contribution in [3.05, 3.63) is 24.0 Å². The van der Waals surface area contributed by atoms with Gasteiger partial charge in [-0.05, 0) is 19.1 Å². The number of nitrogens with one attached hydrogen (secondary N) is 1. The van der Waals surface area contributed by atoms with Gasteiger partial charge in [0.25, 0.3) is 0 Å². The monoisotopic (exact) mass is 294 g/mol. The maximum atomic E-state index is 12.2. The second-order valence-corrected chi connectivity index (χ2v) is 5.04. The smallest absolute Gasteiger partial charge is 0.244 e. The summed E-state index contributed by atoms with van der Waals surface area (Å²) in [5.74, 6) is 0.0618. The predicted molar refractivity (Wildman–Crippen MR) is 80.6 cm³/mol. The van der Waals surface area contributed by atoms with Gasteiger partial charge in [0, 0.05) is 13.1 Å². The Morgan fingerprint density at radius 2 is 2.20 bits per heavy atom. The van der Waals surface area contributed by atoms with Crippen molar-refractivity contribution < 1.29 is 9.53 Å². The molecule has 1 aliphatic rings. The molecule has 3 N–H and O–H groups in total. The van der Waals surface area contributed by atoms with E-state index in [1.165, 1.54) is 0 Å². The summed E-state index contributed by atoms with van der Waals surface area (Å²) < 4.78 is 5.24. The highest BCUT2D eigenvalue weighted by Crippen LogP contribution is 2.10. The number of morpholine rings is 1. The van der Waals surface area contributed by atoms with Gasteiger partial charge in [-0.15, -0.1) is 0 Å². The van der Waals surface area contributed by atoms with E-state index in [-0.39, 0.29) is 16.9 Å². The lowest BCUT2D eigenvalue weighted by molar-refractivity contribution is -0.135. The van der Waals surface area contributed by atoms with Crippen LogP contribution in [0.1, 0.15) is 12.6 Å². The lowest BCUT2D eigenvalue weighted by atomic mass is 10.2. The van der Waals surface area contributed by atoms with Gasteiger partial charge in [-0.3, -0.25) is 9.78 Å². The third kappa shape index (κ3) is 3.64. The number of carbonyl (C=O) groups excluding carboxylic acids is 1. The molecule has 0 aliphatic carbocycles. The molecule has 0 spiro atoms. The third-order valence-electron chi connectivity index (χ3n) is 3.09. The summed E-state index contributed by atoms with van der Waals surface area (Å²) in [6.07, 6.45) is 1.62. The first-order valence-corrected chi connectivity index (χ1v) is 6.87. The Morgan fingerprint density at radius 3 is 2.75 bits per heavy atom. The summed E-state index contributed by atoms with van der Waals surface area (Å²) in [6.45, 7) is 4.32. The molecule has 1 saturated heterocycles. The van der Waals surface area contributed by atoms with Crippen molar-refractivity contribution in [2.45, 2.75) is 13.0 Å². The Balaban J connectivity index is 1.94. The molecule has 2 heterocycles. The fourth-order valence-electron chi connectivity index (χ4n) is 1.99. The molecule has 1 aromatic heterocycles. The maximum Gasteiger partial charge on any atom is 0.244 e. The topological polar surface area (TPSA) is 80.5 Å². The van der Waals surface area contributed by atoms with E-state index < -0.39 is 0 Å². The van der Waals surface area contributed by atoms with Crippen LogP contribution in [-0.4, -0.2) is 53.1 Å². The van der Waals surface area contributed by atoms with E-state index in [4.69, 9.17) is 22.7 Å². The molecule has 6 nitrogen and oxygen atoms in total. The quantitative estimate of drug-likeness (QED) is 0.781. The maximum absolute atomic E-state index is 12.2. The number of nitrogens with two attached hydrogens (primary N) is 1. The van der Waals surface area contributed by atoms with Gasteiger partial charge in [0.1, 0.15) is 11.0 Å². The second-order valence-electron chi connectivity index (χ2n) is 4.60. The Morgan fingerprint density at radius 1 is 1.50 bits per heavy atom. The molecule has 1 aromatic rings. The number of ether oxygens (including phenoxy) is 1. The number of rotatable bonds is 4. The van der Waals surface area contributed by atoms with Gasteiger partial charge >= 0.3 is 0 Å². The van der Waals surface area contributed by atoms with Crippen LogP contribution < -0.4 is 11.1 Å². The van der Waals surface area contributed by atoms with Crippen LogP contribution in [-0.2, 0) is 9.53 Å². The molecule has 0 radical (unpaired) electrons. The van der Waals surface area contributed by atoms with Crippen LogP contribution in [0.3, 0.4) is 0 Å². The third-order valence-corrected chi connectivity index (χ3v) is 3.30. The van der Waals surface area contributed by atoms with Crippen LogP contribution in [0.4, 0.5) is 5.69 Å². The molecule has 20 heavy (non-hydrogen) atoms. The molecule has 1 amide bonds. The van der Waals surface area contributed by atoms with E-state index in [9.17, 15) is 4.79 Å². The van der Waals surface area contributed by atoms with Crippen LogP contribution in [0.2, 0.25) is 0 Å². The molecule has 7 heteroatoms. The lowest BCUT2D eigenvalue weighted by Crippen LogP contribution is -2.47. The van der Waals surface area contributed by atoms with Crippen molar-refractivity contribution >= 4 is 28.8 Å². The lowest BCUT2D eigenvalue weighted by Gasteiger charge is -2.29. The number of anilines is 1. The molecule has 1 atom stereocenters. The average molecular weight is 294 g/mol. The highest BCUT2D eigenvalue weighted by molar-refractivity contribution is 7.80. The van der Waals surface area contributed by atoms with Gasteiger partial charge in [-0.2, -0.15) is 0 Å². The van der Waals surface area contributed by atoms with Crippen molar-refractivity contribution in [3.63, 3.8) is 0 Å². The highest BCUT2D eigenvalue weighted by Gasteiger charge is 2.22. The summed E-state index contributed by atoms with van der Waals surface area (Å²) in [6, 6.07) is 3.23. The largest absolute Gasteiger partial charge is 0.388 e. The molecule has 0 saturated carbocycles. The van der Waals surface area contributed by atoms with E-state index in [1.54, 1.807) is 17.2 Å². The number of thiocarbonyl (C=S) groups is 1. The van der Waals surface area contributed by atoms with Crippen LogP contribution in [0.15, 0.2) is 18.3 Å². The van der Waals surface area contributed by atoms with Gasteiger partial charge in [-0.25, -0.2) is 0 Å². The molecule has 1 unspecified atom stereocenters. The molecule has 0 aromatic carbocycles. The number of aromatic nitrogens is 1. The number of amides is 1. The minimum Gasteiger partial charge on any atom is -0.388 e. The summed E-state index contributed by atoms with van der Waals surface area (Å²) in [5, 5.41) is 3.13. The summed E-state index contributed by atoms with van der Waals surface area (Å²) in [5.41, 5.74) is 6.82. The second kappa shape index (κ2) is 6.62. The molecular formula is C13H18N4O2S. The van der Waals surface area contributed by atoms with Gasteiger partial charge < -0.3 is 20.7 Å². The highest BCUT2D eigenvalue weighted by atomic mass is 32.1. The molecule has 0 bridgehead atoms. The van der Waals surface area contributed by atoms with Gasteiger partial charge in [0.15, 0.2) is 0 Å². The predicted octanol–water partition coefficient (Wildman–Crippen LogP) is 0.375. The number of hydrogen-bond acceptors (Lipinski definition) is 5. The number of hydrogen-bond donors (Lipinski definition) is 2. The molecule has 108 valence electrons. The fraction of sp³-hybridized carbons (Fsp3) is 0.462. The van der Waals surface area contributed by atoms with Gasteiger partial charge in [0.2, 0.25) is 5.91 Å². The summed E-state index contributed by atoms with van der Waals surface area (Å²) in [4.78, 5) is 18.4. The Bertz CT molecular complexity index is 486. The minimum absolute atomic E-state index is 0.0618. The molecule has 1 fully saturated rings. The Kier molecular flexibility index (Phi) is 4.86. The zero-order valence-electron chi connectivity index (χ0n) is 11.3. The minimum atomic E-state index is -0.314. The van der Waals surface area contributed by atoms with E-state index >= 15 is 0 Å². The molecule has 1 aliphatic heterocycles. The van der Waals surface area contributed by atoms with Gasteiger partial charge in [-0.1, -0.05) is 12.2 Å². The number of carbonyl (C=O) groups is 1. The van der Waals surface area contributed by atoms with Crippen LogP contribution in [0.5, 0.6) is 0 Å². The van der Waals surface area contributed by atoms with Crippen LogP contribution in [0, 0.1) is 0 Å². The Hall–Kier alpha value is -1.73. The fourth-order valence-corrected chi connectivity index (χ4v) is 2.12. The number of nitrogens with zero attached hydrogens (tertiary/aromatic N) is 2. The first-order chi connectivity index (χ1) is 9.58. The van der Waals surface area contributed by atoms with Crippen LogP contribution >= 0.6 is 12.2 Å². The van der Waals surface area contributed by atoms with Gasteiger partial charge in [0.05, 0.1) is 30.8 Å². The van der Waals surface area contributed by atoms with Crippen molar-refractivity contribution in [1.29, 1.82) is 0 Å². The Labute approximate surface area is 123 Å².